The highest BCUT2D eigenvalue weighted by atomic mass is 79.9. The van der Waals surface area contributed by atoms with Gasteiger partial charge in [-0.2, -0.15) is 0 Å². The lowest BCUT2D eigenvalue weighted by atomic mass is 10.1. The maximum atomic E-state index is 10.8. The van der Waals surface area contributed by atoms with E-state index in [1.54, 1.807) is 18.3 Å². The summed E-state index contributed by atoms with van der Waals surface area (Å²) < 4.78 is 0.699. The van der Waals surface area contributed by atoms with Crippen molar-refractivity contribution in [2.45, 2.75) is 12.8 Å². The topological polar surface area (TPSA) is 106 Å². The summed E-state index contributed by atoms with van der Waals surface area (Å²) in [6, 6.07) is 18.2. The fourth-order valence-electron chi connectivity index (χ4n) is 3.04. The van der Waals surface area contributed by atoms with Gasteiger partial charge in [-0.1, -0.05) is 47.5 Å². The molecule has 0 bridgehead atoms. The van der Waals surface area contributed by atoms with E-state index in [1.807, 2.05) is 48.5 Å². The van der Waals surface area contributed by atoms with Crippen LogP contribution in [0.2, 0.25) is 10.0 Å². The Labute approximate surface area is 208 Å². The Bertz CT molecular complexity index is 1250. The molecule has 0 saturated heterocycles. The van der Waals surface area contributed by atoms with Crippen molar-refractivity contribution in [3.05, 3.63) is 115 Å². The number of aromatic carboxylic acids is 2. The van der Waals surface area contributed by atoms with Gasteiger partial charge in [0.2, 0.25) is 0 Å². The lowest BCUT2D eigenvalue weighted by Gasteiger charge is -1.99. The van der Waals surface area contributed by atoms with Crippen LogP contribution in [0.4, 0.5) is 0 Å². The molecular formula is C24H19BrCl2N2O4. The molecule has 2 heterocycles. The van der Waals surface area contributed by atoms with Gasteiger partial charge in [0, 0.05) is 22.7 Å². The van der Waals surface area contributed by atoms with Crippen LogP contribution in [0.3, 0.4) is 0 Å². The van der Waals surface area contributed by atoms with E-state index in [0.29, 0.717) is 27.5 Å². The fraction of sp³-hybridized carbons (Fsp3) is 0.0833. The number of aromatic amines is 2. The van der Waals surface area contributed by atoms with Crippen molar-refractivity contribution < 1.29 is 19.8 Å². The molecule has 0 atom stereocenters. The number of carboxylic acid groups (broad SMARTS) is 2. The second-order valence-electron chi connectivity index (χ2n) is 7.16. The molecule has 0 radical (unpaired) electrons. The molecule has 0 aliphatic carbocycles. The zero-order valence-electron chi connectivity index (χ0n) is 17.1. The average molecular weight is 550 g/mol. The summed E-state index contributed by atoms with van der Waals surface area (Å²) in [6.45, 7) is 0. The first-order chi connectivity index (χ1) is 15.7. The third-order valence-corrected chi connectivity index (χ3v) is 5.89. The first kappa shape index (κ1) is 24.6. The third-order valence-electron chi connectivity index (χ3n) is 4.68. The van der Waals surface area contributed by atoms with Crippen LogP contribution >= 0.6 is 39.1 Å². The Morgan fingerprint density at radius 3 is 1.73 bits per heavy atom. The van der Waals surface area contributed by atoms with Crippen molar-refractivity contribution in [3.8, 4) is 0 Å². The minimum atomic E-state index is -0.965. The highest BCUT2D eigenvalue weighted by Crippen LogP contribution is 2.22. The molecule has 2 aromatic carbocycles. The van der Waals surface area contributed by atoms with Crippen LogP contribution in [0, 0.1) is 0 Å². The Balaban J connectivity index is 0.000000186. The van der Waals surface area contributed by atoms with E-state index >= 15 is 0 Å². The van der Waals surface area contributed by atoms with Gasteiger partial charge in [-0.3, -0.25) is 0 Å². The smallest absolute Gasteiger partial charge is 0.352 e. The molecule has 0 saturated carbocycles. The van der Waals surface area contributed by atoms with Crippen LogP contribution in [-0.4, -0.2) is 32.1 Å². The van der Waals surface area contributed by atoms with Gasteiger partial charge < -0.3 is 20.2 Å². The minimum Gasteiger partial charge on any atom is -0.477 e. The number of hydrogen-bond donors (Lipinski definition) is 4. The van der Waals surface area contributed by atoms with Crippen molar-refractivity contribution in [1.29, 1.82) is 0 Å². The molecule has 0 aliphatic rings. The Hall–Kier alpha value is -3.00. The summed E-state index contributed by atoms with van der Waals surface area (Å²) in [7, 11) is 0. The summed E-state index contributed by atoms with van der Waals surface area (Å²) in [6.07, 6.45) is 3.06. The van der Waals surface area contributed by atoms with E-state index in [2.05, 4.69) is 25.9 Å². The van der Waals surface area contributed by atoms with Crippen LogP contribution in [-0.2, 0) is 12.8 Å². The number of benzene rings is 2. The molecule has 4 aromatic rings. The lowest BCUT2D eigenvalue weighted by Crippen LogP contribution is -1.95. The van der Waals surface area contributed by atoms with Gasteiger partial charge in [0.1, 0.15) is 11.4 Å². The van der Waals surface area contributed by atoms with Crippen LogP contribution in [0.1, 0.15) is 43.2 Å². The molecule has 0 aliphatic heterocycles. The Morgan fingerprint density at radius 2 is 1.27 bits per heavy atom. The molecule has 6 nitrogen and oxygen atoms in total. The summed E-state index contributed by atoms with van der Waals surface area (Å²) in [5.74, 6) is -1.91. The molecule has 0 spiro atoms. The number of H-pyrrole nitrogens is 2. The molecule has 170 valence electrons. The summed E-state index contributed by atoms with van der Waals surface area (Å²) in [4.78, 5) is 26.9. The van der Waals surface area contributed by atoms with E-state index in [1.165, 1.54) is 0 Å². The van der Waals surface area contributed by atoms with Crippen molar-refractivity contribution in [3.63, 3.8) is 0 Å². The van der Waals surface area contributed by atoms with E-state index < -0.39 is 11.9 Å². The molecule has 2 aromatic heterocycles. The number of nitrogens with one attached hydrogen (secondary N) is 2. The molecule has 4 N–H and O–H groups in total. The van der Waals surface area contributed by atoms with Crippen molar-refractivity contribution in [1.82, 2.24) is 9.97 Å². The van der Waals surface area contributed by atoms with Gasteiger partial charge >= 0.3 is 11.9 Å². The van der Waals surface area contributed by atoms with E-state index in [4.69, 9.17) is 33.4 Å². The van der Waals surface area contributed by atoms with Crippen molar-refractivity contribution in [2.24, 2.45) is 0 Å². The van der Waals surface area contributed by atoms with E-state index in [-0.39, 0.29) is 11.4 Å². The number of carbonyl (C=O) groups is 2. The molecule has 9 heteroatoms. The predicted molar refractivity (Wildman–Crippen MR) is 132 cm³/mol. The van der Waals surface area contributed by atoms with Gasteiger partial charge in [-0.25, -0.2) is 9.59 Å². The second kappa shape index (κ2) is 11.2. The van der Waals surface area contributed by atoms with Gasteiger partial charge in [-0.15, -0.1) is 0 Å². The van der Waals surface area contributed by atoms with E-state index in [9.17, 15) is 9.59 Å². The first-order valence-corrected chi connectivity index (χ1v) is 11.3. The second-order valence-corrected chi connectivity index (χ2v) is 8.83. The van der Waals surface area contributed by atoms with Crippen LogP contribution in [0.25, 0.3) is 0 Å². The summed E-state index contributed by atoms with van der Waals surface area (Å²) in [5.41, 5.74) is 4.42. The number of halogens is 3. The molecule has 33 heavy (non-hydrogen) atoms. The van der Waals surface area contributed by atoms with Crippen molar-refractivity contribution >= 4 is 51.1 Å². The van der Waals surface area contributed by atoms with Gasteiger partial charge in [-0.05, 0) is 81.0 Å². The summed E-state index contributed by atoms with van der Waals surface area (Å²) >= 11 is 14.9. The highest BCUT2D eigenvalue weighted by molar-refractivity contribution is 9.10. The van der Waals surface area contributed by atoms with Gasteiger partial charge in [0.25, 0.3) is 0 Å². The maximum absolute atomic E-state index is 10.8. The van der Waals surface area contributed by atoms with Gasteiger partial charge in [0.05, 0.1) is 4.60 Å². The van der Waals surface area contributed by atoms with Crippen LogP contribution in [0.5, 0.6) is 0 Å². The van der Waals surface area contributed by atoms with E-state index in [0.717, 1.165) is 22.3 Å². The third kappa shape index (κ3) is 7.25. The summed E-state index contributed by atoms with van der Waals surface area (Å²) in [5, 5.41) is 19.0. The number of hydrogen-bond acceptors (Lipinski definition) is 2. The molecule has 0 unspecified atom stereocenters. The number of rotatable bonds is 6. The first-order valence-electron chi connectivity index (χ1n) is 9.71. The zero-order chi connectivity index (χ0) is 24.0. The molecule has 0 amide bonds. The van der Waals surface area contributed by atoms with Crippen LogP contribution in [0.15, 0.2) is 71.5 Å². The number of carboxylic acids is 2. The largest absolute Gasteiger partial charge is 0.477 e. The molecule has 4 rings (SSSR count). The predicted octanol–water partition coefficient (Wildman–Crippen LogP) is 6.68. The monoisotopic (exact) mass is 548 g/mol. The molecule has 0 fully saturated rings. The normalized spacial score (nSPS) is 10.4. The Morgan fingerprint density at radius 1 is 0.758 bits per heavy atom. The van der Waals surface area contributed by atoms with Crippen LogP contribution < -0.4 is 0 Å². The quantitative estimate of drug-likeness (QED) is 0.215. The minimum absolute atomic E-state index is 0.181. The zero-order valence-corrected chi connectivity index (χ0v) is 20.2. The van der Waals surface area contributed by atoms with Gasteiger partial charge in [0.15, 0.2) is 0 Å². The average Bonchev–Trinajstić information content (AvgIpc) is 3.39. The standard InChI is InChI=1S/C12H9BrClNO2.C12H10ClNO2/c13-11-8(6-10(15-11)12(16)17)5-7-1-3-9(14)4-2-7;13-10-3-1-8(2-4-10)5-9-6-11(12(15)16)14-7-9/h1-4,6,15H,5H2,(H,16,17);1-4,6-7,14H,5H2,(H,15,16). The fourth-order valence-corrected chi connectivity index (χ4v) is 3.76. The highest BCUT2D eigenvalue weighted by Gasteiger charge is 2.11. The SMILES string of the molecule is O=C(O)c1cc(Cc2ccc(Cl)cc2)c(Br)[nH]1.O=C(O)c1cc(Cc2ccc(Cl)cc2)c[nH]1. The lowest BCUT2D eigenvalue weighted by molar-refractivity contribution is 0.0680. The Kier molecular flexibility index (Phi) is 8.38. The maximum Gasteiger partial charge on any atom is 0.352 e. The van der Waals surface area contributed by atoms with Crippen molar-refractivity contribution in [2.75, 3.05) is 0 Å². The molecular weight excluding hydrogens is 531 g/mol. The number of aromatic nitrogens is 2.